The van der Waals surface area contributed by atoms with Crippen LogP contribution < -0.4 is 15.1 Å². The minimum atomic E-state index is -1.50. The molecule has 2 aliphatic rings. The van der Waals surface area contributed by atoms with Crippen molar-refractivity contribution in [1.82, 2.24) is 5.32 Å². The second kappa shape index (κ2) is 10.9. The Hall–Kier alpha value is -3.42. The topological polar surface area (TPSA) is 152 Å². The fourth-order valence-corrected chi connectivity index (χ4v) is 4.13. The summed E-state index contributed by atoms with van der Waals surface area (Å²) < 4.78 is 11.0. The third-order valence-electron chi connectivity index (χ3n) is 4.62. The van der Waals surface area contributed by atoms with E-state index < -0.39 is 17.3 Å². The van der Waals surface area contributed by atoms with Crippen molar-refractivity contribution >= 4 is 52.2 Å². The first kappa shape index (κ1) is 24.2. The summed E-state index contributed by atoms with van der Waals surface area (Å²) >= 11 is 7.03. The van der Waals surface area contributed by atoms with Crippen molar-refractivity contribution in [3.63, 3.8) is 0 Å². The van der Waals surface area contributed by atoms with Gasteiger partial charge in [-0.3, -0.25) is 14.5 Å². The molecule has 0 spiro atoms. The summed E-state index contributed by atoms with van der Waals surface area (Å²) in [6, 6.07) is 10.4. The maximum absolute atomic E-state index is 12.2. The molecule has 33 heavy (non-hydrogen) atoms. The molecule has 3 amide bonds. The van der Waals surface area contributed by atoms with E-state index in [0.29, 0.717) is 34.6 Å². The van der Waals surface area contributed by atoms with E-state index in [0.717, 1.165) is 5.69 Å². The first-order valence-corrected chi connectivity index (χ1v) is 10.8. The van der Waals surface area contributed by atoms with E-state index in [1.54, 1.807) is 41.3 Å². The Labute approximate surface area is 196 Å². The number of rotatable bonds is 5. The van der Waals surface area contributed by atoms with Gasteiger partial charge in [0.25, 0.3) is 16.9 Å². The quantitative estimate of drug-likeness (QED) is 0.470. The van der Waals surface area contributed by atoms with Gasteiger partial charge in [-0.1, -0.05) is 11.6 Å². The van der Waals surface area contributed by atoms with Crippen LogP contribution in [0.1, 0.15) is 9.67 Å². The molecule has 14 heteroatoms. The molecule has 1 atom stereocenters. The number of morpholine rings is 1. The Kier molecular flexibility index (Phi) is 8.03. The van der Waals surface area contributed by atoms with Crippen molar-refractivity contribution in [2.24, 2.45) is 0 Å². The lowest BCUT2D eigenvalue weighted by Crippen LogP contribution is -2.41. The van der Waals surface area contributed by atoms with E-state index in [2.05, 4.69) is 5.32 Å². The summed E-state index contributed by atoms with van der Waals surface area (Å²) in [5, 5.41) is 16.4. The van der Waals surface area contributed by atoms with Crippen molar-refractivity contribution in [3.05, 3.63) is 55.7 Å². The molecule has 0 unspecified atom stereocenters. The van der Waals surface area contributed by atoms with Crippen LogP contribution in [0.2, 0.25) is 4.34 Å². The molecule has 3 heterocycles. The average Bonchev–Trinajstić information content (AvgIpc) is 3.38. The zero-order valence-electron chi connectivity index (χ0n) is 17.0. The van der Waals surface area contributed by atoms with Gasteiger partial charge in [0.2, 0.25) is 0 Å². The Balaban J connectivity index is 0.000000709. The highest BCUT2D eigenvalue weighted by Gasteiger charge is 2.33. The SMILES string of the molecule is O=C(NC[C@H]1CN(c2ccc(N3CCOCC3=O)cc2)C(=O)O1)c1ccc(Cl)s1.O=[N+]([O-])O. The largest absolute Gasteiger partial charge is 0.442 e. The first-order chi connectivity index (χ1) is 15.7. The number of nitrogens with zero attached hydrogens (tertiary/aromatic N) is 3. The van der Waals surface area contributed by atoms with Crippen LogP contribution in [0.15, 0.2) is 36.4 Å². The summed E-state index contributed by atoms with van der Waals surface area (Å²) in [5.74, 6) is -0.344. The molecule has 4 rings (SSSR count). The van der Waals surface area contributed by atoms with Gasteiger partial charge >= 0.3 is 6.09 Å². The van der Waals surface area contributed by atoms with Crippen molar-refractivity contribution in [1.29, 1.82) is 0 Å². The average molecular weight is 499 g/mol. The van der Waals surface area contributed by atoms with Crippen LogP contribution in [0.25, 0.3) is 0 Å². The van der Waals surface area contributed by atoms with Gasteiger partial charge in [0, 0.05) is 17.9 Å². The molecule has 2 aliphatic heterocycles. The molecule has 2 saturated heterocycles. The molecular formula is C19H19ClN4O8S. The van der Waals surface area contributed by atoms with E-state index in [1.165, 1.54) is 16.2 Å². The number of cyclic esters (lactones) is 1. The molecule has 0 saturated carbocycles. The standard InChI is InChI=1S/C19H18ClN3O5S.HNO3/c20-16-6-5-15(29-16)18(25)21-9-14-10-23(19(26)28-14)13-3-1-12(2-4-13)22-7-8-27-11-17(22)24;2-1(3)4/h1-6,14H,7-11H2,(H,21,25);(H,2,3,4)/t14-;/m0./s1. The van der Waals surface area contributed by atoms with Crippen LogP contribution in [0.5, 0.6) is 0 Å². The number of carbonyl (C=O) groups is 3. The monoisotopic (exact) mass is 498 g/mol. The van der Waals surface area contributed by atoms with Crippen LogP contribution in [0, 0.1) is 10.1 Å². The fraction of sp³-hybridized carbons (Fsp3) is 0.316. The minimum Gasteiger partial charge on any atom is -0.442 e. The van der Waals surface area contributed by atoms with E-state index in [1.807, 2.05) is 0 Å². The minimum absolute atomic E-state index is 0.0747. The number of anilines is 2. The summed E-state index contributed by atoms with van der Waals surface area (Å²) in [6.45, 7) is 1.60. The van der Waals surface area contributed by atoms with E-state index in [4.69, 9.17) is 36.4 Å². The van der Waals surface area contributed by atoms with Crippen LogP contribution in [-0.4, -0.2) is 67.2 Å². The molecule has 0 radical (unpaired) electrons. The zero-order chi connectivity index (χ0) is 24.0. The highest BCUT2D eigenvalue weighted by molar-refractivity contribution is 7.18. The second-order valence-electron chi connectivity index (χ2n) is 6.78. The normalized spacial score (nSPS) is 17.8. The molecule has 0 aliphatic carbocycles. The summed E-state index contributed by atoms with van der Waals surface area (Å²) in [5.41, 5.74) is 1.42. The number of amides is 3. The van der Waals surface area contributed by atoms with Crippen molar-refractivity contribution in [3.8, 4) is 0 Å². The van der Waals surface area contributed by atoms with Gasteiger partial charge in [0.05, 0.1) is 28.9 Å². The third kappa shape index (κ3) is 6.54. The summed E-state index contributed by atoms with van der Waals surface area (Å²) in [4.78, 5) is 48.3. The van der Waals surface area contributed by atoms with E-state index in [9.17, 15) is 14.4 Å². The smallest absolute Gasteiger partial charge is 0.414 e. The number of hydrogen-bond acceptors (Lipinski definition) is 8. The lowest BCUT2D eigenvalue weighted by Gasteiger charge is -2.27. The lowest BCUT2D eigenvalue weighted by molar-refractivity contribution is -0.742. The highest BCUT2D eigenvalue weighted by atomic mass is 35.5. The number of hydrogen-bond donors (Lipinski definition) is 2. The molecule has 2 aromatic rings. The number of halogens is 1. The van der Waals surface area contributed by atoms with Gasteiger partial charge in [-0.15, -0.1) is 21.5 Å². The Morgan fingerprint density at radius 3 is 2.42 bits per heavy atom. The first-order valence-electron chi connectivity index (χ1n) is 9.57. The number of benzene rings is 1. The molecule has 176 valence electrons. The van der Waals surface area contributed by atoms with Crippen molar-refractivity contribution in [2.75, 3.05) is 42.6 Å². The van der Waals surface area contributed by atoms with E-state index in [-0.39, 0.29) is 25.0 Å². The molecular weight excluding hydrogens is 480 g/mol. The van der Waals surface area contributed by atoms with Gasteiger partial charge in [-0.05, 0) is 36.4 Å². The highest BCUT2D eigenvalue weighted by Crippen LogP contribution is 2.26. The molecule has 2 fully saturated rings. The van der Waals surface area contributed by atoms with Gasteiger partial charge in [0.15, 0.2) is 0 Å². The van der Waals surface area contributed by atoms with Crippen LogP contribution in [0.4, 0.5) is 16.2 Å². The third-order valence-corrected chi connectivity index (χ3v) is 5.85. The van der Waals surface area contributed by atoms with Gasteiger partial charge in [-0.2, -0.15) is 0 Å². The number of ether oxygens (including phenoxy) is 2. The Morgan fingerprint density at radius 2 is 1.85 bits per heavy atom. The maximum atomic E-state index is 12.2. The van der Waals surface area contributed by atoms with Gasteiger partial charge < -0.3 is 24.9 Å². The Bertz CT molecular complexity index is 1030. The lowest BCUT2D eigenvalue weighted by atomic mass is 10.2. The van der Waals surface area contributed by atoms with Gasteiger partial charge in [0.1, 0.15) is 12.7 Å². The zero-order valence-corrected chi connectivity index (χ0v) is 18.6. The van der Waals surface area contributed by atoms with E-state index >= 15 is 0 Å². The van der Waals surface area contributed by atoms with Crippen LogP contribution in [0.3, 0.4) is 0 Å². The fourth-order valence-electron chi connectivity index (χ4n) is 3.17. The Morgan fingerprint density at radius 1 is 1.21 bits per heavy atom. The van der Waals surface area contributed by atoms with Crippen LogP contribution >= 0.6 is 22.9 Å². The van der Waals surface area contributed by atoms with Gasteiger partial charge in [-0.25, -0.2) is 4.79 Å². The molecule has 2 N–H and O–H groups in total. The predicted octanol–water partition coefficient (Wildman–Crippen LogP) is 2.17. The van der Waals surface area contributed by atoms with Crippen LogP contribution in [-0.2, 0) is 14.3 Å². The molecule has 1 aromatic heterocycles. The number of thiophene rings is 1. The molecule has 12 nitrogen and oxygen atoms in total. The predicted molar refractivity (Wildman–Crippen MR) is 118 cm³/mol. The maximum Gasteiger partial charge on any atom is 0.414 e. The van der Waals surface area contributed by atoms with Crippen molar-refractivity contribution < 1.29 is 34.2 Å². The molecule has 0 bridgehead atoms. The molecule has 1 aromatic carbocycles. The number of carbonyl (C=O) groups excluding carboxylic acids is 3. The summed E-state index contributed by atoms with van der Waals surface area (Å²) in [7, 11) is 0. The van der Waals surface area contributed by atoms with Crippen molar-refractivity contribution in [2.45, 2.75) is 6.10 Å². The number of nitrogens with one attached hydrogen (secondary N) is 1. The second-order valence-corrected chi connectivity index (χ2v) is 8.50. The summed E-state index contributed by atoms with van der Waals surface area (Å²) in [6.07, 6.45) is -0.930.